The molecule has 22 heavy (non-hydrogen) atoms. The van der Waals surface area contributed by atoms with E-state index >= 15 is 0 Å². The fraction of sp³-hybridized carbons (Fsp3) is 0.312. The third-order valence-electron chi connectivity index (χ3n) is 3.81. The molecular weight excluding hydrogens is 300 g/mol. The van der Waals surface area contributed by atoms with Crippen molar-refractivity contribution in [3.05, 3.63) is 52.0 Å². The average Bonchev–Trinajstić information content (AvgIpc) is 3.10. The molecule has 2 aromatic rings. The van der Waals surface area contributed by atoms with E-state index < -0.39 is 5.97 Å². The highest BCUT2D eigenvalue weighted by molar-refractivity contribution is 7.09. The first-order valence-electron chi connectivity index (χ1n) is 7.13. The van der Waals surface area contributed by atoms with Gasteiger partial charge in [-0.2, -0.15) is 0 Å². The largest absolute Gasteiger partial charge is 0.476 e. The maximum atomic E-state index is 11.9. The van der Waals surface area contributed by atoms with Crippen LogP contribution in [0, 0.1) is 5.92 Å². The number of benzene rings is 1. The second-order valence-electron chi connectivity index (χ2n) is 5.43. The topological polar surface area (TPSA) is 79.3 Å². The lowest BCUT2D eigenvalue weighted by atomic mass is 10.1. The van der Waals surface area contributed by atoms with Crippen molar-refractivity contribution in [2.45, 2.75) is 25.3 Å². The summed E-state index contributed by atoms with van der Waals surface area (Å²) in [4.78, 5) is 26.6. The quantitative estimate of drug-likeness (QED) is 0.858. The molecule has 5 nitrogen and oxygen atoms in total. The second kappa shape index (κ2) is 6.27. The van der Waals surface area contributed by atoms with Gasteiger partial charge in [-0.1, -0.05) is 30.3 Å². The van der Waals surface area contributed by atoms with E-state index in [-0.39, 0.29) is 11.6 Å². The highest BCUT2D eigenvalue weighted by Crippen LogP contribution is 2.49. The molecule has 0 bridgehead atoms. The molecular formula is C16H16N2O3S. The summed E-state index contributed by atoms with van der Waals surface area (Å²) in [5, 5.41) is 13.7. The van der Waals surface area contributed by atoms with Crippen LogP contribution in [0.5, 0.6) is 0 Å². The van der Waals surface area contributed by atoms with E-state index in [0.717, 1.165) is 6.42 Å². The smallest absolute Gasteiger partial charge is 0.355 e. The van der Waals surface area contributed by atoms with Crippen LogP contribution < -0.4 is 5.32 Å². The molecule has 1 saturated carbocycles. The number of aromatic carboxylic acids is 1. The van der Waals surface area contributed by atoms with Gasteiger partial charge in [-0.3, -0.25) is 4.79 Å². The lowest BCUT2D eigenvalue weighted by Crippen LogP contribution is -2.23. The number of nitrogens with one attached hydrogen (secondary N) is 1. The van der Waals surface area contributed by atoms with Gasteiger partial charge >= 0.3 is 5.97 Å². The molecule has 1 aromatic heterocycles. The van der Waals surface area contributed by atoms with E-state index in [2.05, 4.69) is 22.4 Å². The van der Waals surface area contributed by atoms with E-state index in [9.17, 15) is 9.59 Å². The first-order chi connectivity index (χ1) is 10.6. The number of amides is 1. The van der Waals surface area contributed by atoms with Gasteiger partial charge < -0.3 is 10.4 Å². The Hall–Kier alpha value is -2.21. The zero-order valence-corrected chi connectivity index (χ0v) is 12.7. The Labute approximate surface area is 132 Å². The van der Waals surface area contributed by atoms with Gasteiger partial charge in [-0.05, 0) is 23.8 Å². The van der Waals surface area contributed by atoms with Crippen LogP contribution in [0.1, 0.15) is 39.8 Å². The number of carboxylic acids is 1. The fourth-order valence-corrected chi connectivity index (χ4v) is 3.26. The standard InChI is InChI=1S/C16H16N2O3S/c19-14(17-8-15-18-13(9-22-15)16(20)21)7-11-6-12(11)10-4-2-1-3-5-10/h1-5,9,11-12H,6-8H2,(H,17,19)(H,20,21)/t11-,12-/m0/s1. The number of hydrogen-bond acceptors (Lipinski definition) is 4. The number of carbonyl (C=O) groups excluding carboxylic acids is 1. The molecule has 1 aliphatic rings. The number of carbonyl (C=O) groups is 2. The number of carboxylic acid groups (broad SMARTS) is 1. The predicted octanol–water partition coefficient (Wildman–Crippen LogP) is 2.65. The zero-order valence-electron chi connectivity index (χ0n) is 11.9. The molecule has 2 N–H and O–H groups in total. The van der Waals surface area contributed by atoms with Crippen molar-refractivity contribution < 1.29 is 14.7 Å². The fourth-order valence-electron chi connectivity index (χ4n) is 2.56. The van der Waals surface area contributed by atoms with Gasteiger partial charge in [0.15, 0.2) is 5.69 Å². The summed E-state index contributed by atoms with van der Waals surface area (Å²) in [6, 6.07) is 10.2. The molecule has 1 aromatic carbocycles. The molecule has 0 radical (unpaired) electrons. The van der Waals surface area contributed by atoms with Gasteiger partial charge in [-0.25, -0.2) is 9.78 Å². The van der Waals surface area contributed by atoms with Crippen LogP contribution in [0.3, 0.4) is 0 Å². The summed E-state index contributed by atoms with van der Waals surface area (Å²) < 4.78 is 0. The van der Waals surface area contributed by atoms with Gasteiger partial charge in [0.2, 0.25) is 5.91 Å². The Morgan fingerprint density at radius 1 is 1.32 bits per heavy atom. The SMILES string of the molecule is O=C(C[C@@H]1C[C@H]1c1ccccc1)NCc1nc(C(=O)O)cs1. The lowest BCUT2D eigenvalue weighted by Gasteiger charge is -2.03. The maximum Gasteiger partial charge on any atom is 0.355 e. The summed E-state index contributed by atoms with van der Waals surface area (Å²) in [7, 11) is 0. The summed E-state index contributed by atoms with van der Waals surface area (Å²) in [6.07, 6.45) is 1.56. The van der Waals surface area contributed by atoms with Crippen molar-refractivity contribution in [1.29, 1.82) is 0 Å². The monoisotopic (exact) mass is 316 g/mol. The minimum absolute atomic E-state index is 0.00416. The van der Waals surface area contributed by atoms with E-state index in [1.807, 2.05) is 18.2 Å². The average molecular weight is 316 g/mol. The molecule has 1 amide bonds. The highest BCUT2D eigenvalue weighted by Gasteiger charge is 2.39. The molecule has 2 atom stereocenters. The molecule has 1 aliphatic carbocycles. The van der Waals surface area contributed by atoms with E-state index in [0.29, 0.717) is 29.8 Å². The molecule has 0 spiro atoms. The Kier molecular flexibility index (Phi) is 4.20. The molecule has 6 heteroatoms. The lowest BCUT2D eigenvalue weighted by molar-refractivity contribution is -0.121. The highest BCUT2D eigenvalue weighted by atomic mass is 32.1. The third-order valence-corrected chi connectivity index (χ3v) is 4.65. The van der Waals surface area contributed by atoms with Crippen LogP contribution in [0.15, 0.2) is 35.7 Å². The van der Waals surface area contributed by atoms with Crippen molar-refractivity contribution in [3.8, 4) is 0 Å². The molecule has 3 rings (SSSR count). The Morgan fingerprint density at radius 2 is 2.09 bits per heavy atom. The number of thiazole rings is 1. The van der Waals surface area contributed by atoms with Crippen molar-refractivity contribution in [3.63, 3.8) is 0 Å². The Balaban J connectivity index is 1.45. The van der Waals surface area contributed by atoms with Crippen LogP contribution in [-0.2, 0) is 11.3 Å². The number of hydrogen-bond donors (Lipinski definition) is 2. The predicted molar refractivity (Wildman–Crippen MR) is 82.8 cm³/mol. The summed E-state index contributed by atoms with van der Waals surface area (Å²) in [6.45, 7) is 0.291. The molecule has 0 aliphatic heterocycles. The van der Waals surface area contributed by atoms with Gasteiger partial charge in [0.1, 0.15) is 5.01 Å². The van der Waals surface area contributed by atoms with Gasteiger partial charge in [-0.15, -0.1) is 11.3 Å². The molecule has 1 heterocycles. The minimum Gasteiger partial charge on any atom is -0.476 e. The van der Waals surface area contributed by atoms with Crippen molar-refractivity contribution in [2.75, 3.05) is 0 Å². The second-order valence-corrected chi connectivity index (χ2v) is 6.37. The van der Waals surface area contributed by atoms with Crippen LogP contribution in [-0.4, -0.2) is 22.0 Å². The number of rotatable bonds is 6. The number of nitrogens with zero attached hydrogens (tertiary/aromatic N) is 1. The maximum absolute atomic E-state index is 11.9. The Morgan fingerprint density at radius 3 is 2.77 bits per heavy atom. The summed E-state index contributed by atoms with van der Waals surface area (Å²) >= 11 is 1.25. The zero-order chi connectivity index (χ0) is 15.5. The van der Waals surface area contributed by atoms with Gasteiger partial charge in [0.05, 0.1) is 6.54 Å². The molecule has 1 fully saturated rings. The van der Waals surface area contributed by atoms with E-state index in [1.165, 1.54) is 22.3 Å². The van der Waals surface area contributed by atoms with Crippen LogP contribution in [0.2, 0.25) is 0 Å². The van der Waals surface area contributed by atoms with Crippen LogP contribution >= 0.6 is 11.3 Å². The number of aromatic nitrogens is 1. The summed E-state index contributed by atoms with van der Waals surface area (Å²) in [5.41, 5.74) is 1.33. The molecule has 114 valence electrons. The van der Waals surface area contributed by atoms with E-state index in [4.69, 9.17) is 5.11 Å². The van der Waals surface area contributed by atoms with Crippen molar-refractivity contribution in [1.82, 2.24) is 10.3 Å². The van der Waals surface area contributed by atoms with E-state index in [1.54, 1.807) is 0 Å². The Bertz CT molecular complexity index is 684. The van der Waals surface area contributed by atoms with Gasteiger partial charge in [0, 0.05) is 11.8 Å². The van der Waals surface area contributed by atoms with Crippen LogP contribution in [0.25, 0.3) is 0 Å². The first kappa shape index (κ1) is 14.7. The molecule has 0 unspecified atom stereocenters. The van der Waals surface area contributed by atoms with Crippen LogP contribution in [0.4, 0.5) is 0 Å². The minimum atomic E-state index is -1.04. The molecule has 0 saturated heterocycles. The third kappa shape index (κ3) is 3.51. The van der Waals surface area contributed by atoms with Crippen molar-refractivity contribution >= 4 is 23.2 Å². The van der Waals surface area contributed by atoms with Crippen molar-refractivity contribution in [2.24, 2.45) is 5.92 Å². The first-order valence-corrected chi connectivity index (χ1v) is 8.01. The summed E-state index contributed by atoms with van der Waals surface area (Å²) in [5.74, 6) is -0.147. The van der Waals surface area contributed by atoms with Gasteiger partial charge in [0.25, 0.3) is 0 Å². The normalized spacial score (nSPS) is 19.6.